The molecule has 116 valence electrons. The Bertz CT molecular complexity index is 642. The zero-order chi connectivity index (χ0) is 14.9. The lowest BCUT2D eigenvalue weighted by Gasteiger charge is -2.41. The van der Waals surface area contributed by atoms with Crippen LogP contribution in [0.25, 0.3) is 10.4 Å². The summed E-state index contributed by atoms with van der Waals surface area (Å²) in [7, 11) is 0. The fourth-order valence-corrected chi connectivity index (χ4v) is 4.44. The summed E-state index contributed by atoms with van der Waals surface area (Å²) < 4.78 is 6.22. The summed E-state index contributed by atoms with van der Waals surface area (Å²) in [6.07, 6.45) is 5.95. The number of rotatable bonds is 3. The Kier molecular flexibility index (Phi) is 4.07. The SMILES string of the molecule is Clc1ccc(-c2cnc(O[C@H]3CCN4CCCC3C4)s2)cc1. The fourth-order valence-electron chi connectivity index (χ4n) is 3.49. The van der Waals surface area contributed by atoms with Gasteiger partial charge in [-0.1, -0.05) is 35.1 Å². The number of aromatic nitrogens is 1. The van der Waals surface area contributed by atoms with Crippen molar-refractivity contribution in [1.82, 2.24) is 9.88 Å². The molecular weight excluding hydrogens is 316 g/mol. The van der Waals surface area contributed by atoms with Crippen LogP contribution >= 0.6 is 22.9 Å². The van der Waals surface area contributed by atoms with E-state index < -0.39 is 0 Å². The van der Waals surface area contributed by atoms with E-state index in [2.05, 4.69) is 9.88 Å². The molecule has 2 fully saturated rings. The summed E-state index contributed by atoms with van der Waals surface area (Å²) in [5.41, 5.74) is 1.14. The van der Waals surface area contributed by atoms with E-state index in [4.69, 9.17) is 16.3 Å². The van der Waals surface area contributed by atoms with Crippen LogP contribution in [0.5, 0.6) is 5.19 Å². The quantitative estimate of drug-likeness (QED) is 0.835. The molecule has 1 aromatic carbocycles. The first-order valence-electron chi connectivity index (χ1n) is 7.89. The molecular formula is C17H19ClN2OS. The van der Waals surface area contributed by atoms with Crippen LogP contribution in [0.2, 0.25) is 5.02 Å². The van der Waals surface area contributed by atoms with Gasteiger partial charge in [-0.05, 0) is 43.5 Å². The Balaban J connectivity index is 1.46. The maximum absolute atomic E-state index is 6.22. The summed E-state index contributed by atoms with van der Waals surface area (Å²) in [6, 6.07) is 7.88. The fraction of sp³-hybridized carbons (Fsp3) is 0.471. The molecule has 2 aromatic rings. The number of thiazole rings is 1. The van der Waals surface area contributed by atoms with E-state index in [0.717, 1.165) is 33.6 Å². The Morgan fingerprint density at radius 1 is 1.18 bits per heavy atom. The van der Waals surface area contributed by atoms with Crippen LogP contribution in [0.15, 0.2) is 30.5 Å². The minimum Gasteiger partial charge on any atom is -0.466 e. The minimum atomic E-state index is 0.334. The molecule has 2 unspecified atom stereocenters. The molecule has 3 nitrogen and oxygen atoms in total. The van der Waals surface area contributed by atoms with Crippen molar-refractivity contribution in [2.45, 2.75) is 25.4 Å². The zero-order valence-electron chi connectivity index (χ0n) is 12.4. The first-order valence-corrected chi connectivity index (χ1v) is 9.08. The van der Waals surface area contributed by atoms with Gasteiger partial charge in [-0.15, -0.1) is 0 Å². The molecule has 0 N–H and O–H groups in total. The van der Waals surface area contributed by atoms with E-state index in [1.807, 2.05) is 30.5 Å². The number of ether oxygens (including phenoxy) is 1. The van der Waals surface area contributed by atoms with Crippen molar-refractivity contribution in [3.8, 4) is 15.6 Å². The molecule has 0 amide bonds. The predicted octanol–water partition coefficient (Wildman–Crippen LogP) is 4.33. The molecule has 3 atom stereocenters. The standard InChI is InChI=1S/C17H19ClN2OS/c18-14-5-3-12(4-6-14)16-10-19-17(22-16)21-15-7-9-20-8-1-2-13(15)11-20/h3-6,10,13,15H,1-2,7-9,11H2/t13?,15-/m0/s1. The molecule has 5 heteroatoms. The molecule has 3 heterocycles. The van der Waals surface area contributed by atoms with Crippen molar-refractivity contribution >= 4 is 22.9 Å². The summed E-state index contributed by atoms with van der Waals surface area (Å²) in [6.45, 7) is 3.62. The largest absolute Gasteiger partial charge is 0.466 e. The van der Waals surface area contributed by atoms with E-state index in [0.29, 0.717) is 12.0 Å². The highest BCUT2D eigenvalue weighted by Gasteiger charge is 2.33. The van der Waals surface area contributed by atoms with Crippen molar-refractivity contribution in [3.63, 3.8) is 0 Å². The third-order valence-electron chi connectivity index (χ3n) is 4.66. The van der Waals surface area contributed by atoms with Crippen LogP contribution in [0, 0.1) is 5.92 Å². The van der Waals surface area contributed by atoms with Crippen LogP contribution < -0.4 is 4.74 Å². The molecule has 0 saturated carbocycles. The molecule has 22 heavy (non-hydrogen) atoms. The second kappa shape index (κ2) is 6.19. The van der Waals surface area contributed by atoms with Crippen molar-refractivity contribution in [1.29, 1.82) is 0 Å². The molecule has 2 aliphatic heterocycles. The minimum absolute atomic E-state index is 0.334. The van der Waals surface area contributed by atoms with Crippen LogP contribution in [0.1, 0.15) is 19.3 Å². The highest BCUT2D eigenvalue weighted by atomic mass is 35.5. The Morgan fingerprint density at radius 3 is 2.91 bits per heavy atom. The van der Waals surface area contributed by atoms with Gasteiger partial charge in [0.1, 0.15) is 6.10 Å². The first-order chi connectivity index (χ1) is 10.8. The molecule has 0 spiro atoms. The number of hydrogen-bond acceptors (Lipinski definition) is 4. The predicted molar refractivity (Wildman–Crippen MR) is 90.8 cm³/mol. The average molecular weight is 335 g/mol. The van der Waals surface area contributed by atoms with Gasteiger partial charge in [0.2, 0.25) is 0 Å². The van der Waals surface area contributed by atoms with Gasteiger partial charge in [0.25, 0.3) is 5.19 Å². The van der Waals surface area contributed by atoms with Gasteiger partial charge in [0.15, 0.2) is 0 Å². The highest BCUT2D eigenvalue weighted by Crippen LogP contribution is 2.34. The lowest BCUT2D eigenvalue weighted by molar-refractivity contribution is 0.0150. The number of halogens is 1. The van der Waals surface area contributed by atoms with E-state index in [1.165, 1.54) is 25.9 Å². The van der Waals surface area contributed by atoms with Crippen molar-refractivity contribution in [2.75, 3.05) is 19.6 Å². The Morgan fingerprint density at radius 2 is 2.05 bits per heavy atom. The third-order valence-corrected chi connectivity index (χ3v) is 5.85. The summed E-state index contributed by atoms with van der Waals surface area (Å²) in [5, 5.41) is 1.56. The van der Waals surface area contributed by atoms with Crippen molar-refractivity contribution in [3.05, 3.63) is 35.5 Å². The molecule has 0 radical (unpaired) electrons. The monoisotopic (exact) mass is 334 g/mol. The maximum atomic E-state index is 6.22. The number of fused-ring (bicyclic) bond motifs is 2. The summed E-state index contributed by atoms with van der Waals surface area (Å²) in [5.74, 6) is 0.672. The van der Waals surface area contributed by atoms with Crippen LogP contribution in [0.4, 0.5) is 0 Å². The third kappa shape index (κ3) is 3.00. The number of piperidine rings is 2. The number of nitrogens with zero attached hydrogens (tertiary/aromatic N) is 2. The summed E-state index contributed by atoms with van der Waals surface area (Å²) in [4.78, 5) is 8.16. The van der Waals surface area contributed by atoms with Gasteiger partial charge in [-0.3, -0.25) is 0 Å². The Hall–Kier alpha value is -1.10. The molecule has 4 rings (SSSR count). The van der Waals surface area contributed by atoms with Gasteiger partial charge in [-0.2, -0.15) is 0 Å². The van der Waals surface area contributed by atoms with Crippen molar-refractivity contribution in [2.24, 2.45) is 5.92 Å². The molecule has 2 saturated heterocycles. The number of hydrogen-bond donors (Lipinski definition) is 0. The second-order valence-corrected chi connectivity index (χ2v) is 7.57. The summed E-state index contributed by atoms with van der Waals surface area (Å²) >= 11 is 7.57. The first kappa shape index (κ1) is 14.5. The molecule has 0 aliphatic carbocycles. The van der Waals surface area contributed by atoms with E-state index in [-0.39, 0.29) is 0 Å². The highest BCUT2D eigenvalue weighted by molar-refractivity contribution is 7.16. The van der Waals surface area contributed by atoms with E-state index in [9.17, 15) is 0 Å². The normalized spacial score (nSPS) is 27.6. The van der Waals surface area contributed by atoms with Gasteiger partial charge in [0.05, 0.1) is 4.88 Å². The lowest BCUT2D eigenvalue weighted by atomic mass is 9.87. The topological polar surface area (TPSA) is 25.4 Å². The zero-order valence-corrected chi connectivity index (χ0v) is 13.9. The van der Waals surface area contributed by atoms with E-state index >= 15 is 0 Å². The van der Waals surface area contributed by atoms with Crippen molar-refractivity contribution < 1.29 is 4.74 Å². The second-order valence-electron chi connectivity index (χ2n) is 6.15. The van der Waals surface area contributed by atoms with Gasteiger partial charge in [-0.25, -0.2) is 4.98 Å². The van der Waals surface area contributed by atoms with Crippen LogP contribution in [0.3, 0.4) is 0 Å². The van der Waals surface area contributed by atoms with Gasteiger partial charge >= 0.3 is 0 Å². The van der Waals surface area contributed by atoms with Crippen LogP contribution in [-0.2, 0) is 0 Å². The van der Waals surface area contributed by atoms with Gasteiger partial charge < -0.3 is 9.64 Å². The number of benzene rings is 1. The molecule has 1 aromatic heterocycles. The molecule has 2 aliphatic rings. The van der Waals surface area contributed by atoms with E-state index in [1.54, 1.807) is 11.3 Å². The lowest BCUT2D eigenvalue weighted by Crippen LogP contribution is -2.48. The smallest absolute Gasteiger partial charge is 0.273 e. The van der Waals surface area contributed by atoms with Crippen LogP contribution in [-0.4, -0.2) is 35.6 Å². The molecule has 2 bridgehead atoms. The van der Waals surface area contributed by atoms with Gasteiger partial charge in [0, 0.05) is 30.2 Å². The Labute approximate surface area is 139 Å². The maximum Gasteiger partial charge on any atom is 0.273 e. The average Bonchev–Trinajstić information content (AvgIpc) is 3.00.